The van der Waals surface area contributed by atoms with Crippen molar-refractivity contribution < 1.29 is 9.90 Å². The molecule has 3 rings (SSSR count). The van der Waals surface area contributed by atoms with Crippen molar-refractivity contribution in [2.24, 2.45) is 0 Å². The lowest BCUT2D eigenvalue weighted by atomic mass is 9.93. The second-order valence-electron chi connectivity index (χ2n) is 4.87. The van der Waals surface area contributed by atoms with Crippen molar-refractivity contribution in [3.8, 4) is 22.3 Å². The van der Waals surface area contributed by atoms with Crippen LogP contribution < -0.4 is 10.4 Å². The molecule has 0 aliphatic rings. The first kappa shape index (κ1) is 13.9. The molecule has 3 aromatic rings. The molecule has 22 heavy (non-hydrogen) atoms. The molecule has 0 saturated heterocycles. The van der Waals surface area contributed by atoms with Crippen LogP contribution in [0.15, 0.2) is 78.9 Å². The SMILES string of the molecule is O=C([O-])Nc1cccc(-c2ccccc2)c1-c1ccccc1. The number of hydrogen-bond donors (Lipinski definition) is 1. The van der Waals surface area contributed by atoms with Gasteiger partial charge in [0, 0.05) is 11.3 Å². The summed E-state index contributed by atoms with van der Waals surface area (Å²) in [7, 11) is 0. The number of carbonyl (C=O) groups excluding carboxylic acids is 1. The molecule has 0 radical (unpaired) electrons. The van der Waals surface area contributed by atoms with E-state index in [9.17, 15) is 9.90 Å². The Morgan fingerprint density at radius 2 is 1.32 bits per heavy atom. The molecule has 0 fully saturated rings. The second kappa shape index (κ2) is 6.14. The first-order valence-electron chi connectivity index (χ1n) is 6.97. The van der Waals surface area contributed by atoms with Crippen LogP contribution in [0.4, 0.5) is 10.5 Å². The van der Waals surface area contributed by atoms with Gasteiger partial charge in [0.1, 0.15) is 6.09 Å². The summed E-state index contributed by atoms with van der Waals surface area (Å²) in [6.07, 6.45) is -1.32. The Labute approximate surface area is 128 Å². The molecular formula is C19H14NO2-. The number of hydrogen-bond acceptors (Lipinski definition) is 2. The second-order valence-corrected chi connectivity index (χ2v) is 4.87. The van der Waals surface area contributed by atoms with E-state index in [1.807, 2.05) is 72.8 Å². The summed E-state index contributed by atoms with van der Waals surface area (Å²) in [5, 5.41) is 13.4. The van der Waals surface area contributed by atoms with Crippen molar-refractivity contribution in [1.29, 1.82) is 0 Å². The van der Waals surface area contributed by atoms with Gasteiger partial charge in [-0.2, -0.15) is 0 Å². The van der Waals surface area contributed by atoms with Gasteiger partial charge in [0.15, 0.2) is 0 Å². The standard InChI is InChI=1S/C19H15NO2/c21-19(22)20-17-13-7-12-16(14-8-3-1-4-9-14)18(17)15-10-5-2-6-11-15/h1-13,20H,(H,21,22)/p-1. The lowest BCUT2D eigenvalue weighted by Gasteiger charge is -2.17. The molecule has 1 N–H and O–H groups in total. The van der Waals surface area contributed by atoms with Crippen molar-refractivity contribution in [3.05, 3.63) is 78.9 Å². The largest absolute Gasteiger partial charge is 0.530 e. The Bertz CT molecular complexity index is 783. The van der Waals surface area contributed by atoms with Crippen LogP contribution in [-0.2, 0) is 0 Å². The van der Waals surface area contributed by atoms with E-state index < -0.39 is 6.09 Å². The summed E-state index contributed by atoms with van der Waals surface area (Å²) in [5.41, 5.74) is 4.32. The highest BCUT2D eigenvalue weighted by Crippen LogP contribution is 2.37. The molecule has 0 heterocycles. The highest BCUT2D eigenvalue weighted by atomic mass is 16.4. The Hall–Kier alpha value is -3.07. The maximum atomic E-state index is 11.0. The van der Waals surface area contributed by atoms with Crippen molar-refractivity contribution in [1.82, 2.24) is 0 Å². The molecule has 3 aromatic carbocycles. The lowest BCUT2D eigenvalue weighted by molar-refractivity contribution is -0.242. The minimum absolute atomic E-state index is 0.521. The summed E-state index contributed by atoms with van der Waals surface area (Å²) in [5.74, 6) is 0. The van der Waals surface area contributed by atoms with Gasteiger partial charge in [0.05, 0.1) is 0 Å². The monoisotopic (exact) mass is 288 g/mol. The average Bonchev–Trinajstić information content (AvgIpc) is 2.56. The Morgan fingerprint density at radius 1 is 0.727 bits per heavy atom. The molecular weight excluding hydrogens is 274 g/mol. The minimum Gasteiger partial charge on any atom is -0.530 e. The van der Waals surface area contributed by atoms with Crippen LogP contribution >= 0.6 is 0 Å². The molecule has 0 aromatic heterocycles. The molecule has 0 aliphatic carbocycles. The zero-order valence-electron chi connectivity index (χ0n) is 11.8. The van der Waals surface area contributed by atoms with E-state index in [-0.39, 0.29) is 0 Å². The predicted octanol–water partition coefficient (Wildman–Crippen LogP) is 3.78. The Balaban J connectivity index is 2.24. The molecule has 108 valence electrons. The summed E-state index contributed by atoms with van der Waals surface area (Å²) in [6, 6.07) is 25.2. The van der Waals surface area contributed by atoms with Gasteiger partial charge in [-0.05, 0) is 22.8 Å². The molecule has 0 aliphatic heterocycles. The Morgan fingerprint density at radius 3 is 1.91 bits per heavy atom. The highest BCUT2D eigenvalue weighted by molar-refractivity contribution is 5.96. The fourth-order valence-corrected chi connectivity index (χ4v) is 2.54. The summed E-state index contributed by atoms with van der Waals surface area (Å²) < 4.78 is 0. The van der Waals surface area contributed by atoms with Crippen molar-refractivity contribution in [3.63, 3.8) is 0 Å². The third-order valence-electron chi connectivity index (χ3n) is 3.45. The normalized spacial score (nSPS) is 10.2. The van der Waals surface area contributed by atoms with E-state index in [2.05, 4.69) is 5.32 Å². The van der Waals surface area contributed by atoms with Gasteiger partial charge in [-0.1, -0.05) is 72.8 Å². The smallest absolute Gasteiger partial charge is 0.138 e. The third-order valence-corrected chi connectivity index (χ3v) is 3.45. The number of amides is 1. The van der Waals surface area contributed by atoms with Gasteiger partial charge in [-0.3, -0.25) is 0 Å². The van der Waals surface area contributed by atoms with Gasteiger partial charge >= 0.3 is 0 Å². The van der Waals surface area contributed by atoms with Crippen LogP contribution in [0.3, 0.4) is 0 Å². The maximum Gasteiger partial charge on any atom is 0.138 e. The molecule has 3 heteroatoms. The maximum absolute atomic E-state index is 11.0. The molecule has 0 saturated carbocycles. The van der Waals surface area contributed by atoms with Crippen LogP contribution in [0, 0.1) is 0 Å². The molecule has 0 bridgehead atoms. The van der Waals surface area contributed by atoms with Gasteiger partial charge in [-0.15, -0.1) is 0 Å². The van der Waals surface area contributed by atoms with E-state index >= 15 is 0 Å². The van der Waals surface area contributed by atoms with Gasteiger partial charge in [-0.25, -0.2) is 0 Å². The molecule has 0 unspecified atom stereocenters. The van der Waals surface area contributed by atoms with Crippen LogP contribution in [0.5, 0.6) is 0 Å². The van der Waals surface area contributed by atoms with E-state index in [0.717, 1.165) is 22.3 Å². The van der Waals surface area contributed by atoms with E-state index in [4.69, 9.17) is 0 Å². The zero-order chi connectivity index (χ0) is 15.4. The summed E-state index contributed by atoms with van der Waals surface area (Å²) in [4.78, 5) is 11.0. The quantitative estimate of drug-likeness (QED) is 0.797. The number of rotatable bonds is 3. The molecule has 3 nitrogen and oxygen atoms in total. The zero-order valence-corrected chi connectivity index (χ0v) is 11.8. The van der Waals surface area contributed by atoms with Crippen molar-refractivity contribution in [2.75, 3.05) is 5.32 Å². The fourth-order valence-electron chi connectivity index (χ4n) is 2.54. The molecule has 1 amide bonds. The molecule has 0 spiro atoms. The Kier molecular flexibility index (Phi) is 3.88. The summed E-state index contributed by atoms with van der Waals surface area (Å²) >= 11 is 0. The lowest BCUT2D eigenvalue weighted by Crippen LogP contribution is -2.29. The number of carboxylic acid groups (broad SMARTS) is 1. The number of nitrogens with one attached hydrogen (secondary N) is 1. The number of carbonyl (C=O) groups is 1. The van der Waals surface area contributed by atoms with Gasteiger partial charge in [0.2, 0.25) is 0 Å². The highest BCUT2D eigenvalue weighted by Gasteiger charge is 2.12. The fraction of sp³-hybridized carbons (Fsp3) is 0. The minimum atomic E-state index is -1.32. The topological polar surface area (TPSA) is 52.2 Å². The van der Waals surface area contributed by atoms with Gasteiger partial charge in [0.25, 0.3) is 0 Å². The summed E-state index contributed by atoms with van der Waals surface area (Å²) in [6.45, 7) is 0. The third kappa shape index (κ3) is 2.83. The predicted molar refractivity (Wildman–Crippen MR) is 86.3 cm³/mol. The molecule has 0 atom stereocenters. The first-order chi connectivity index (χ1) is 10.8. The van der Waals surface area contributed by atoms with E-state index in [1.54, 1.807) is 6.07 Å². The van der Waals surface area contributed by atoms with Crippen LogP contribution in [0.2, 0.25) is 0 Å². The number of benzene rings is 3. The average molecular weight is 288 g/mol. The van der Waals surface area contributed by atoms with Crippen molar-refractivity contribution >= 4 is 11.8 Å². The van der Waals surface area contributed by atoms with Gasteiger partial charge < -0.3 is 15.2 Å². The number of anilines is 1. The van der Waals surface area contributed by atoms with Crippen LogP contribution in [0.1, 0.15) is 0 Å². The van der Waals surface area contributed by atoms with Crippen LogP contribution in [-0.4, -0.2) is 6.09 Å². The van der Waals surface area contributed by atoms with E-state index in [0.29, 0.717) is 5.69 Å². The first-order valence-corrected chi connectivity index (χ1v) is 6.97. The van der Waals surface area contributed by atoms with E-state index in [1.165, 1.54) is 0 Å². The van der Waals surface area contributed by atoms with Crippen LogP contribution in [0.25, 0.3) is 22.3 Å². The van der Waals surface area contributed by atoms with Crippen molar-refractivity contribution in [2.45, 2.75) is 0 Å².